The molecule has 4 N–H and O–H groups in total. The Balaban J connectivity index is 2.41. The van der Waals surface area contributed by atoms with Crippen LogP contribution in [0.25, 0.3) is 0 Å². The average molecular weight is 295 g/mol. The summed E-state index contributed by atoms with van der Waals surface area (Å²) in [6, 6.07) is 1.23. The Hall–Kier alpha value is -2.42. The predicted molar refractivity (Wildman–Crippen MR) is 75.4 cm³/mol. The van der Waals surface area contributed by atoms with E-state index in [1.54, 1.807) is 0 Å². The number of nitro groups is 1. The molecule has 0 spiro atoms. The van der Waals surface area contributed by atoms with Crippen molar-refractivity contribution in [2.45, 2.75) is 19.4 Å². The van der Waals surface area contributed by atoms with Crippen molar-refractivity contribution in [2.24, 2.45) is 16.8 Å². The number of oxime groups is 1. The van der Waals surface area contributed by atoms with Gasteiger partial charge in [-0.2, -0.15) is 0 Å². The van der Waals surface area contributed by atoms with Gasteiger partial charge in [0.25, 0.3) is 5.69 Å². The number of rotatable bonds is 3. The lowest BCUT2D eigenvalue weighted by atomic mass is 9.96. The van der Waals surface area contributed by atoms with Crippen molar-refractivity contribution in [1.82, 2.24) is 4.98 Å². The molecule has 1 aromatic heterocycles. The molecule has 1 fully saturated rings. The first kappa shape index (κ1) is 15.0. The van der Waals surface area contributed by atoms with Gasteiger partial charge < -0.3 is 20.9 Å². The third kappa shape index (κ3) is 3.02. The molecule has 2 unspecified atom stereocenters. The highest BCUT2D eigenvalue weighted by Crippen LogP contribution is 2.27. The molecule has 2 rings (SSSR count). The zero-order chi connectivity index (χ0) is 15.6. The number of amidine groups is 1. The fourth-order valence-corrected chi connectivity index (χ4v) is 2.37. The van der Waals surface area contributed by atoms with E-state index in [2.05, 4.69) is 10.1 Å². The van der Waals surface area contributed by atoms with Crippen LogP contribution in [0.5, 0.6) is 0 Å². The summed E-state index contributed by atoms with van der Waals surface area (Å²) in [6.45, 7) is 2.99. The van der Waals surface area contributed by atoms with E-state index >= 15 is 0 Å². The molecule has 9 nitrogen and oxygen atoms in total. The second-order valence-corrected chi connectivity index (χ2v) is 5.09. The number of aromatic nitrogens is 1. The van der Waals surface area contributed by atoms with Gasteiger partial charge in [0, 0.05) is 19.2 Å². The topological polar surface area (TPSA) is 138 Å². The average Bonchev–Trinajstić information content (AvgIpc) is 2.48. The zero-order valence-electron chi connectivity index (χ0n) is 11.5. The van der Waals surface area contributed by atoms with Gasteiger partial charge in [0.2, 0.25) is 0 Å². The maximum Gasteiger partial charge on any atom is 0.288 e. The summed E-state index contributed by atoms with van der Waals surface area (Å²) in [6.07, 6.45) is 1.32. The van der Waals surface area contributed by atoms with Crippen LogP contribution in [0.2, 0.25) is 0 Å². The number of aliphatic hydroxyl groups is 1. The minimum atomic E-state index is -0.590. The summed E-state index contributed by atoms with van der Waals surface area (Å²) in [7, 11) is 0. The normalized spacial score (nSPS) is 23.1. The van der Waals surface area contributed by atoms with Crippen LogP contribution in [0.4, 0.5) is 11.5 Å². The minimum Gasteiger partial charge on any atom is -0.409 e. The van der Waals surface area contributed by atoms with Crippen LogP contribution in [0.1, 0.15) is 18.9 Å². The van der Waals surface area contributed by atoms with Crippen molar-refractivity contribution in [3.05, 3.63) is 27.9 Å². The van der Waals surface area contributed by atoms with Crippen LogP contribution in [-0.4, -0.2) is 45.3 Å². The molecular formula is C12H17N5O4. The van der Waals surface area contributed by atoms with E-state index in [1.165, 1.54) is 6.07 Å². The third-order valence-electron chi connectivity index (χ3n) is 3.61. The van der Waals surface area contributed by atoms with Gasteiger partial charge in [-0.05, 0) is 12.3 Å². The van der Waals surface area contributed by atoms with Crippen molar-refractivity contribution >= 4 is 17.3 Å². The summed E-state index contributed by atoms with van der Waals surface area (Å²) in [4.78, 5) is 16.2. The summed E-state index contributed by atoms with van der Waals surface area (Å²) < 4.78 is 0. The van der Waals surface area contributed by atoms with Gasteiger partial charge in [0.15, 0.2) is 5.84 Å². The maximum atomic E-state index is 10.8. The molecule has 0 aliphatic carbocycles. The SMILES string of the molecule is CC1CN(c2ncc([N+](=O)[O-])cc2C(N)=NO)CCC1O. The maximum absolute atomic E-state index is 10.8. The van der Waals surface area contributed by atoms with E-state index < -0.39 is 4.92 Å². The summed E-state index contributed by atoms with van der Waals surface area (Å²) >= 11 is 0. The van der Waals surface area contributed by atoms with Gasteiger partial charge >= 0.3 is 0 Å². The van der Waals surface area contributed by atoms with Crippen LogP contribution in [-0.2, 0) is 0 Å². The van der Waals surface area contributed by atoms with Crippen LogP contribution in [0, 0.1) is 16.0 Å². The number of pyridine rings is 1. The molecule has 1 aliphatic heterocycles. The molecule has 2 heterocycles. The molecule has 0 aromatic carbocycles. The van der Waals surface area contributed by atoms with Crippen molar-refractivity contribution < 1.29 is 15.2 Å². The van der Waals surface area contributed by atoms with E-state index in [-0.39, 0.29) is 29.1 Å². The number of piperidine rings is 1. The highest BCUT2D eigenvalue weighted by atomic mass is 16.6. The van der Waals surface area contributed by atoms with Gasteiger partial charge in [-0.3, -0.25) is 10.1 Å². The van der Waals surface area contributed by atoms with Gasteiger partial charge in [-0.15, -0.1) is 0 Å². The second-order valence-electron chi connectivity index (χ2n) is 5.09. The number of nitrogens with two attached hydrogens (primary N) is 1. The molecule has 1 aromatic rings. The van der Waals surface area contributed by atoms with Crippen LogP contribution >= 0.6 is 0 Å². The van der Waals surface area contributed by atoms with E-state index in [0.717, 1.165) is 6.20 Å². The van der Waals surface area contributed by atoms with Gasteiger partial charge in [-0.25, -0.2) is 4.98 Å². The first-order valence-electron chi connectivity index (χ1n) is 6.49. The molecule has 0 radical (unpaired) electrons. The molecule has 1 aliphatic rings. The van der Waals surface area contributed by atoms with Gasteiger partial charge in [0.1, 0.15) is 12.0 Å². The van der Waals surface area contributed by atoms with Gasteiger partial charge in [0.05, 0.1) is 16.6 Å². The summed E-state index contributed by atoms with van der Waals surface area (Å²) in [5.74, 6) is 0.213. The highest BCUT2D eigenvalue weighted by Gasteiger charge is 2.28. The molecule has 2 atom stereocenters. The lowest BCUT2D eigenvalue weighted by Gasteiger charge is -2.35. The summed E-state index contributed by atoms with van der Waals surface area (Å²) in [5.41, 5.74) is 5.57. The quantitative estimate of drug-likeness (QED) is 0.239. The Kier molecular flexibility index (Phi) is 4.22. The van der Waals surface area contributed by atoms with Crippen molar-refractivity contribution in [2.75, 3.05) is 18.0 Å². The largest absolute Gasteiger partial charge is 0.409 e. The molecule has 21 heavy (non-hydrogen) atoms. The minimum absolute atomic E-state index is 0.0379. The molecule has 9 heteroatoms. The molecule has 114 valence electrons. The predicted octanol–water partition coefficient (Wildman–Crippen LogP) is 0.291. The van der Waals surface area contributed by atoms with Crippen molar-refractivity contribution in [3.63, 3.8) is 0 Å². The Morgan fingerprint density at radius 3 is 2.95 bits per heavy atom. The molecule has 0 saturated carbocycles. The van der Waals surface area contributed by atoms with E-state index in [4.69, 9.17) is 10.9 Å². The number of nitrogens with zero attached hydrogens (tertiary/aromatic N) is 4. The first-order valence-corrected chi connectivity index (χ1v) is 6.49. The van der Waals surface area contributed by atoms with Crippen molar-refractivity contribution in [3.8, 4) is 0 Å². The van der Waals surface area contributed by atoms with Gasteiger partial charge in [-0.1, -0.05) is 12.1 Å². The Morgan fingerprint density at radius 1 is 1.67 bits per heavy atom. The number of aliphatic hydroxyl groups excluding tert-OH is 1. The molecule has 0 bridgehead atoms. The Bertz CT molecular complexity index is 577. The number of anilines is 1. The fraction of sp³-hybridized carbons (Fsp3) is 0.500. The second kappa shape index (κ2) is 5.92. The molecule has 1 saturated heterocycles. The zero-order valence-corrected chi connectivity index (χ0v) is 11.5. The standard InChI is InChI=1S/C12H17N5O4/c1-7-6-16(3-2-10(7)18)12-9(11(13)15-19)4-8(5-14-12)17(20)21/h4-5,7,10,18-19H,2-3,6H2,1H3,(H2,13,15). The van der Waals surface area contributed by atoms with Crippen molar-refractivity contribution in [1.29, 1.82) is 0 Å². The van der Waals surface area contributed by atoms with Crippen LogP contribution in [0.15, 0.2) is 17.4 Å². The monoisotopic (exact) mass is 295 g/mol. The smallest absolute Gasteiger partial charge is 0.288 e. The van der Waals surface area contributed by atoms with E-state index in [0.29, 0.717) is 25.3 Å². The fourth-order valence-electron chi connectivity index (χ4n) is 2.37. The van der Waals surface area contributed by atoms with Crippen LogP contribution in [0.3, 0.4) is 0 Å². The lowest BCUT2D eigenvalue weighted by Crippen LogP contribution is -2.43. The van der Waals surface area contributed by atoms with E-state index in [1.807, 2.05) is 11.8 Å². The Labute approximate surface area is 120 Å². The summed E-state index contributed by atoms with van der Waals surface area (Å²) in [5, 5.41) is 32.3. The number of hydrogen-bond donors (Lipinski definition) is 3. The first-order chi connectivity index (χ1) is 9.93. The third-order valence-corrected chi connectivity index (χ3v) is 3.61. The molecule has 0 amide bonds. The highest BCUT2D eigenvalue weighted by molar-refractivity contribution is 6.02. The Morgan fingerprint density at radius 2 is 2.38 bits per heavy atom. The molecular weight excluding hydrogens is 278 g/mol. The number of hydrogen-bond acceptors (Lipinski definition) is 7. The van der Waals surface area contributed by atoms with E-state index in [9.17, 15) is 15.2 Å². The van der Waals surface area contributed by atoms with Crippen LogP contribution < -0.4 is 10.6 Å². The lowest BCUT2D eigenvalue weighted by molar-refractivity contribution is -0.385.